The van der Waals surface area contributed by atoms with Gasteiger partial charge in [0.2, 0.25) is 17.7 Å². The topological polar surface area (TPSA) is 97.2 Å². The fourth-order valence-electron chi connectivity index (χ4n) is 4.02. The highest BCUT2D eigenvalue weighted by molar-refractivity contribution is 6.31. The number of likely N-dealkylation sites (tertiary alicyclic amines) is 1. The summed E-state index contributed by atoms with van der Waals surface area (Å²) in [6, 6.07) is 5.04. The van der Waals surface area contributed by atoms with Crippen LogP contribution < -0.4 is 5.32 Å². The number of nitrogens with one attached hydrogen (secondary N) is 1. The largest absolute Gasteiger partial charge is 0.324 e. The molecule has 0 spiro atoms. The van der Waals surface area contributed by atoms with E-state index >= 15 is 0 Å². The number of benzene rings is 1. The number of hydrogen-bond donors (Lipinski definition) is 1. The molecule has 0 radical (unpaired) electrons. The number of hydrogen-bond acceptors (Lipinski definition) is 5. The predicted octanol–water partition coefficient (Wildman–Crippen LogP) is 2.42. The number of nitrogens with zero attached hydrogens (tertiary/aromatic N) is 4. The molecule has 2 heterocycles. The van der Waals surface area contributed by atoms with Crippen LogP contribution in [0.15, 0.2) is 30.9 Å². The van der Waals surface area contributed by atoms with Crippen molar-refractivity contribution in [3.05, 3.63) is 35.9 Å². The van der Waals surface area contributed by atoms with Gasteiger partial charge in [-0.1, -0.05) is 24.4 Å². The van der Waals surface area contributed by atoms with Crippen molar-refractivity contribution < 1.29 is 14.4 Å². The van der Waals surface area contributed by atoms with Crippen molar-refractivity contribution >= 4 is 35.0 Å². The van der Waals surface area contributed by atoms with Crippen molar-refractivity contribution in [3.8, 4) is 5.69 Å². The van der Waals surface area contributed by atoms with E-state index in [2.05, 4.69) is 15.4 Å². The van der Waals surface area contributed by atoms with Crippen LogP contribution in [0.1, 0.15) is 32.1 Å². The van der Waals surface area contributed by atoms with Crippen LogP contribution in [0.4, 0.5) is 5.69 Å². The molecule has 2 aliphatic rings. The molecule has 1 saturated heterocycles. The first kappa shape index (κ1) is 18.6. The van der Waals surface area contributed by atoms with E-state index in [0.29, 0.717) is 16.4 Å². The normalized spacial score (nSPS) is 21.7. The molecule has 3 amide bonds. The molecule has 1 aromatic carbocycles. The summed E-state index contributed by atoms with van der Waals surface area (Å²) in [7, 11) is 0. The molecule has 4 rings (SSSR count). The number of carbonyl (C=O) groups is 3. The molecule has 2 unspecified atom stereocenters. The third-order valence-electron chi connectivity index (χ3n) is 5.39. The molecule has 0 bridgehead atoms. The van der Waals surface area contributed by atoms with Crippen molar-refractivity contribution in [3.63, 3.8) is 0 Å². The van der Waals surface area contributed by atoms with Gasteiger partial charge in [-0.2, -0.15) is 5.10 Å². The number of aromatic nitrogens is 3. The third-order valence-corrected chi connectivity index (χ3v) is 5.63. The van der Waals surface area contributed by atoms with Crippen LogP contribution in [0.2, 0.25) is 5.02 Å². The van der Waals surface area contributed by atoms with Crippen LogP contribution in [0.5, 0.6) is 0 Å². The summed E-state index contributed by atoms with van der Waals surface area (Å²) in [5.74, 6) is -0.964. The SMILES string of the molecule is O=C(CCN1C(=O)C2CCCCC2C1=O)Nc1cc(Cl)ccc1-n1cncn1. The summed E-state index contributed by atoms with van der Waals surface area (Å²) < 4.78 is 1.52. The first-order valence-electron chi connectivity index (χ1n) is 9.34. The summed E-state index contributed by atoms with van der Waals surface area (Å²) in [6.07, 6.45) is 6.43. The van der Waals surface area contributed by atoms with Gasteiger partial charge in [-0.05, 0) is 31.0 Å². The maximum Gasteiger partial charge on any atom is 0.233 e. The van der Waals surface area contributed by atoms with Crippen molar-refractivity contribution in [2.75, 3.05) is 11.9 Å². The first-order chi connectivity index (χ1) is 13.5. The Morgan fingerprint density at radius 2 is 1.89 bits per heavy atom. The fraction of sp³-hybridized carbons (Fsp3) is 0.421. The molecule has 1 N–H and O–H groups in total. The number of imide groups is 1. The summed E-state index contributed by atoms with van der Waals surface area (Å²) >= 11 is 6.06. The second-order valence-corrected chi connectivity index (χ2v) is 7.56. The van der Waals surface area contributed by atoms with Crippen molar-refractivity contribution in [2.24, 2.45) is 11.8 Å². The molecule has 9 heteroatoms. The van der Waals surface area contributed by atoms with Gasteiger partial charge in [-0.15, -0.1) is 0 Å². The molecule has 1 aromatic heterocycles. The van der Waals surface area contributed by atoms with Gasteiger partial charge in [0.05, 0.1) is 23.2 Å². The Morgan fingerprint density at radius 1 is 1.18 bits per heavy atom. The zero-order valence-corrected chi connectivity index (χ0v) is 15.9. The van der Waals surface area contributed by atoms with Gasteiger partial charge in [0.1, 0.15) is 12.7 Å². The number of halogens is 1. The quantitative estimate of drug-likeness (QED) is 0.776. The third kappa shape index (κ3) is 3.52. The lowest BCUT2D eigenvalue weighted by molar-refractivity contribution is -0.140. The Hall–Kier alpha value is -2.74. The maximum absolute atomic E-state index is 12.5. The van der Waals surface area contributed by atoms with Crippen LogP contribution in [-0.2, 0) is 14.4 Å². The highest BCUT2D eigenvalue weighted by atomic mass is 35.5. The summed E-state index contributed by atoms with van der Waals surface area (Å²) in [4.78, 5) is 42.7. The lowest BCUT2D eigenvalue weighted by Crippen LogP contribution is -2.34. The Labute approximate surface area is 166 Å². The van der Waals surface area contributed by atoms with E-state index in [9.17, 15) is 14.4 Å². The van der Waals surface area contributed by atoms with E-state index in [1.54, 1.807) is 18.2 Å². The first-order valence-corrected chi connectivity index (χ1v) is 9.72. The number of rotatable bonds is 5. The van der Waals surface area contributed by atoms with Gasteiger partial charge >= 0.3 is 0 Å². The molecular formula is C19H20ClN5O3. The van der Waals surface area contributed by atoms with E-state index in [1.807, 2.05) is 0 Å². The van der Waals surface area contributed by atoms with Gasteiger partial charge in [-0.25, -0.2) is 9.67 Å². The van der Waals surface area contributed by atoms with Crippen molar-refractivity contribution in [1.29, 1.82) is 0 Å². The van der Waals surface area contributed by atoms with E-state index in [0.717, 1.165) is 25.7 Å². The Kier molecular flexibility index (Phi) is 5.13. The van der Waals surface area contributed by atoms with E-state index in [4.69, 9.17) is 11.6 Å². The fourth-order valence-corrected chi connectivity index (χ4v) is 4.19. The second kappa shape index (κ2) is 7.71. The molecule has 1 saturated carbocycles. The van der Waals surface area contributed by atoms with Crippen LogP contribution in [0, 0.1) is 11.8 Å². The van der Waals surface area contributed by atoms with Gasteiger partial charge in [0.25, 0.3) is 0 Å². The Bertz CT molecular complexity index is 890. The average molecular weight is 402 g/mol. The lowest BCUT2D eigenvalue weighted by Gasteiger charge is -2.19. The highest BCUT2D eigenvalue weighted by Crippen LogP contribution is 2.38. The maximum atomic E-state index is 12.5. The van der Waals surface area contributed by atoms with Crippen molar-refractivity contribution in [1.82, 2.24) is 19.7 Å². The standard InChI is InChI=1S/C19H20ClN5O3/c20-12-5-6-16(25-11-21-10-22-25)15(9-12)23-17(26)7-8-24-18(27)13-3-1-2-4-14(13)19(24)28/h5-6,9-11,13-14H,1-4,7-8H2,(H,23,26). The number of amides is 3. The molecule has 28 heavy (non-hydrogen) atoms. The molecule has 146 valence electrons. The van der Waals surface area contributed by atoms with Crippen LogP contribution in [0.3, 0.4) is 0 Å². The molecule has 2 fully saturated rings. The lowest BCUT2D eigenvalue weighted by atomic mass is 9.81. The summed E-state index contributed by atoms with van der Waals surface area (Å²) in [6.45, 7) is 0.0930. The smallest absolute Gasteiger partial charge is 0.233 e. The minimum atomic E-state index is -0.306. The average Bonchev–Trinajstić information content (AvgIpc) is 3.29. The molecule has 1 aliphatic heterocycles. The van der Waals surface area contributed by atoms with Crippen LogP contribution in [-0.4, -0.2) is 43.9 Å². The second-order valence-electron chi connectivity index (χ2n) is 7.13. The Balaban J connectivity index is 1.42. The summed E-state index contributed by atoms with van der Waals surface area (Å²) in [5, 5.41) is 7.33. The van der Waals surface area contributed by atoms with Crippen molar-refractivity contribution in [2.45, 2.75) is 32.1 Å². The van der Waals surface area contributed by atoms with Gasteiger partial charge in [0.15, 0.2) is 0 Å². The minimum Gasteiger partial charge on any atom is -0.324 e. The van der Waals surface area contributed by atoms with Gasteiger partial charge < -0.3 is 5.32 Å². The Morgan fingerprint density at radius 3 is 2.54 bits per heavy atom. The van der Waals surface area contributed by atoms with E-state index in [1.165, 1.54) is 22.2 Å². The zero-order chi connectivity index (χ0) is 19.7. The number of fused-ring (bicyclic) bond motifs is 1. The zero-order valence-electron chi connectivity index (χ0n) is 15.2. The minimum absolute atomic E-state index is 0.0280. The number of carbonyl (C=O) groups excluding carboxylic acids is 3. The highest BCUT2D eigenvalue weighted by Gasteiger charge is 2.47. The van der Waals surface area contributed by atoms with E-state index < -0.39 is 0 Å². The van der Waals surface area contributed by atoms with Gasteiger partial charge in [0, 0.05) is 18.0 Å². The molecule has 8 nitrogen and oxygen atoms in total. The molecule has 2 aromatic rings. The van der Waals surface area contributed by atoms with Crippen LogP contribution in [0.25, 0.3) is 5.69 Å². The monoisotopic (exact) mass is 401 g/mol. The van der Waals surface area contributed by atoms with Gasteiger partial charge in [-0.3, -0.25) is 19.3 Å². The predicted molar refractivity (Wildman–Crippen MR) is 102 cm³/mol. The van der Waals surface area contributed by atoms with Crippen LogP contribution >= 0.6 is 11.6 Å². The molecule has 1 aliphatic carbocycles. The molecular weight excluding hydrogens is 382 g/mol. The summed E-state index contributed by atoms with van der Waals surface area (Å²) in [5.41, 5.74) is 1.10. The molecule has 2 atom stereocenters. The number of anilines is 1. The van der Waals surface area contributed by atoms with E-state index in [-0.39, 0.29) is 42.5 Å².